The minimum absolute atomic E-state index is 0.0221. The molecular weight excluding hydrogens is 274 g/mol. The molecule has 1 aliphatic rings. The first-order valence-corrected chi connectivity index (χ1v) is 7.71. The van der Waals surface area contributed by atoms with Gasteiger partial charge in [-0.15, -0.1) is 11.3 Å². The van der Waals surface area contributed by atoms with Crippen LogP contribution < -0.4 is 5.73 Å². The zero-order chi connectivity index (χ0) is 14.5. The Labute approximate surface area is 123 Å². The Morgan fingerprint density at radius 3 is 2.80 bits per heavy atom. The lowest BCUT2D eigenvalue weighted by Crippen LogP contribution is -2.44. The zero-order valence-corrected chi connectivity index (χ0v) is 12.7. The van der Waals surface area contributed by atoms with Gasteiger partial charge in [-0.2, -0.15) is 0 Å². The molecule has 0 aliphatic carbocycles. The predicted molar refractivity (Wildman–Crippen MR) is 80.5 cm³/mol. The molecule has 110 valence electrons. The Hall–Kier alpha value is -1.56. The fourth-order valence-electron chi connectivity index (χ4n) is 2.58. The van der Waals surface area contributed by atoms with Crippen LogP contribution in [0.1, 0.15) is 25.1 Å². The van der Waals surface area contributed by atoms with Crippen LogP contribution in [0.4, 0.5) is 0 Å². The summed E-state index contributed by atoms with van der Waals surface area (Å²) in [6.45, 7) is 5.90. The number of thiophene rings is 1. The number of amidine groups is 1. The molecule has 2 heterocycles. The highest BCUT2D eigenvalue weighted by Crippen LogP contribution is 2.20. The van der Waals surface area contributed by atoms with Crippen molar-refractivity contribution in [1.29, 1.82) is 0 Å². The number of nitrogens with zero attached hydrogens (tertiary/aromatic N) is 2. The van der Waals surface area contributed by atoms with Crippen molar-refractivity contribution in [2.75, 3.05) is 19.7 Å². The van der Waals surface area contributed by atoms with Crippen molar-refractivity contribution in [3.8, 4) is 0 Å². The van der Waals surface area contributed by atoms with E-state index in [0.29, 0.717) is 17.7 Å². The molecule has 2 atom stereocenters. The molecule has 5 nitrogen and oxygen atoms in total. The van der Waals surface area contributed by atoms with Crippen LogP contribution in [-0.4, -0.2) is 36.3 Å². The topological polar surface area (TPSA) is 67.9 Å². The number of hydrogen-bond donors (Lipinski definition) is 1. The lowest BCUT2D eigenvalue weighted by molar-refractivity contribution is -0.138. The van der Waals surface area contributed by atoms with Gasteiger partial charge in [0.05, 0.1) is 4.88 Å². The Morgan fingerprint density at radius 2 is 2.20 bits per heavy atom. The molecule has 1 aromatic heterocycles. The van der Waals surface area contributed by atoms with E-state index < -0.39 is 0 Å². The third-order valence-electron chi connectivity index (χ3n) is 3.35. The SMILES string of the molecule is CC1CC(C)CN(C(=O)CO/N=C(\N)c2cccs2)C1. The van der Waals surface area contributed by atoms with E-state index in [1.165, 1.54) is 17.8 Å². The molecule has 2 N–H and O–H groups in total. The zero-order valence-electron chi connectivity index (χ0n) is 11.9. The third kappa shape index (κ3) is 3.96. The van der Waals surface area contributed by atoms with Crippen molar-refractivity contribution in [1.82, 2.24) is 4.90 Å². The van der Waals surface area contributed by atoms with Gasteiger partial charge in [-0.25, -0.2) is 0 Å². The first-order chi connectivity index (χ1) is 9.56. The number of oxime groups is 1. The van der Waals surface area contributed by atoms with Crippen molar-refractivity contribution in [3.63, 3.8) is 0 Å². The van der Waals surface area contributed by atoms with E-state index in [1.54, 1.807) is 0 Å². The summed E-state index contributed by atoms with van der Waals surface area (Å²) in [5.41, 5.74) is 5.76. The van der Waals surface area contributed by atoms with Crippen LogP contribution in [-0.2, 0) is 9.63 Å². The third-order valence-corrected chi connectivity index (χ3v) is 4.24. The molecule has 0 spiro atoms. The van der Waals surface area contributed by atoms with Crippen molar-refractivity contribution in [3.05, 3.63) is 22.4 Å². The minimum Gasteiger partial charge on any atom is -0.384 e. The van der Waals surface area contributed by atoms with Crippen molar-refractivity contribution >= 4 is 23.1 Å². The lowest BCUT2D eigenvalue weighted by Gasteiger charge is -2.34. The Kier molecular flexibility index (Phi) is 5.00. The van der Waals surface area contributed by atoms with Gasteiger partial charge < -0.3 is 15.5 Å². The Balaban J connectivity index is 1.82. The molecule has 1 amide bonds. The van der Waals surface area contributed by atoms with Gasteiger partial charge >= 0.3 is 0 Å². The molecule has 6 heteroatoms. The Bertz CT molecular complexity index is 463. The number of carbonyl (C=O) groups excluding carboxylic acids is 1. The number of carbonyl (C=O) groups is 1. The van der Waals surface area contributed by atoms with Crippen LogP contribution >= 0.6 is 11.3 Å². The molecule has 1 saturated heterocycles. The standard InChI is InChI=1S/C14H21N3O2S/c1-10-6-11(2)8-17(7-10)13(18)9-19-16-14(15)12-4-3-5-20-12/h3-5,10-11H,6-9H2,1-2H3,(H2,15,16). The second-order valence-electron chi connectivity index (χ2n) is 5.47. The number of rotatable bonds is 4. The van der Waals surface area contributed by atoms with Gasteiger partial charge in [0.25, 0.3) is 5.91 Å². The van der Waals surface area contributed by atoms with E-state index in [0.717, 1.165) is 18.0 Å². The van der Waals surface area contributed by atoms with Gasteiger partial charge in [-0.05, 0) is 29.7 Å². The van der Waals surface area contributed by atoms with Gasteiger partial charge in [-0.1, -0.05) is 25.1 Å². The number of hydrogen-bond acceptors (Lipinski definition) is 4. The van der Waals surface area contributed by atoms with E-state index in [-0.39, 0.29) is 12.5 Å². The number of amides is 1. The summed E-state index contributed by atoms with van der Waals surface area (Å²) in [5, 5.41) is 5.71. The van der Waals surface area contributed by atoms with E-state index in [1.807, 2.05) is 22.4 Å². The average molecular weight is 295 g/mol. The fourth-order valence-corrected chi connectivity index (χ4v) is 3.20. The quantitative estimate of drug-likeness (QED) is 0.524. The first-order valence-electron chi connectivity index (χ1n) is 6.83. The number of likely N-dealkylation sites (tertiary alicyclic amines) is 1. The molecule has 1 fully saturated rings. The average Bonchev–Trinajstić information content (AvgIpc) is 2.91. The molecule has 0 bridgehead atoms. The normalized spacial score (nSPS) is 23.7. The molecule has 0 saturated carbocycles. The highest BCUT2D eigenvalue weighted by Gasteiger charge is 2.25. The fraction of sp³-hybridized carbons (Fsp3) is 0.571. The Morgan fingerprint density at radius 1 is 1.50 bits per heavy atom. The maximum absolute atomic E-state index is 12.1. The molecule has 2 unspecified atom stereocenters. The van der Waals surface area contributed by atoms with E-state index in [2.05, 4.69) is 19.0 Å². The molecule has 1 aliphatic heterocycles. The smallest absolute Gasteiger partial charge is 0.263 e. The predicted octanol–water partition coefficient (Wildman–Crippen LogP) is 1.89. The molecule has 2 rings (SSSR count). The first kappa shape index (κ1) is 14.8. The van der Waals surface area contributed by atoms with Crippen LogP contribution in [0.2, 0.25) is 0 Å². The molecule has 20 heavy (non-hydrogen) atoms. The molecule has 1 aromatic rings. The summed E-state index contributed by atoms with van der Waals surface area (Å²) < 4.78 is 0. The van der Waals surface area contributed by atoms with Gasteiger partial charge in [0, 0.05) is 13.1 Å². The highest BCUT2D eigenvalue weighted by molar-refractivity contribution is 7.12. The van der Waals surface area contributed by atoms with Crippen LogP contribution in [0.15, 0.2) is 22.7 Å². The van der Waals surface area contributed by atoms with Crippen LogP contribution in [0.3, 0.4) is 0 Å². The van der Waals surface area contributed by atoms with Gasteiger partial charge in [0.2, 0.25) is 0 Å². The highest BCUT2D eigenvalue weighted by atomic mass is 32.1. The summed E-state index contributed by atoms with van der Waals surface area (Å²) >= 11 is 1.49. The molecule has 0 radical (unpaired) electrons. The van der Waals surface area contributed by atoms with Crippen LogP contribution in [0.5, 0.6) is 0 Å². The second-order valence-corrected chi connectivity index (χ2v) is 6.42. The van der Waals surface area contributed by atoms with E-state index >= 15 is 0 Å². The van der Waals surface area contributed by atoms with E-state index in [9.17, 15) is 4.79 Å². The largest absolute Gasteiger partial charge is 0.384 e. The monoisotopic (exact) mass is 295 g/mol. The maximum atomic E-state index is 12.1. The maximum Gasteiger partial charge on any atom is 0.263 e. The molecular formula is C14H21N3O2S. The minimum atomic E-state index is -0.0501. The summed E-state index contributed by atoms with van der Waals surface area (Å²) in [7, 11) is 0. The van der Waals surface area contributed by atoms with Gasteiger partial charge in [0.15, 0.2) is 12.4 Å². The van der Waals surface area contributed by atoms with Crippen LogP contribution in [0, 0.1) is 11.8 Å². The van der Waals surface area contributed by atoms with Gasteiger partial charge in [-0.3, -0.25) is 4.79 Å². The summed E-state index contributed by atoms with van der Waals surface area (Å²) in [4.78, 5) is 19.8. The molecule has 0 aromatic carbocycles. The number of nitrogens with two attached hydrogens (primary N) is 1. The lowest BCUT2D eigenvalue weighted by atomic mass is 9.92. The summed E-state index contributed by atoms with van der Waals surface area (Å²) in [5.74, 6) is 1.38. The second kappa shape index (κ2) is 6.74. The van der Waals surface area contributed by atoms with Crippen molar-refractivity contribution in [2.24, 2.45) is 22.7 Å². The van der Waals surface area contributed by atoms with Crippen molar-refractivity contribution < 1.29 is 9.63 Å². The van der Waals surface area contributed by atoms with E-state index in [4.69, 9.17) is 10.6 Å². The van der Waals surface area contributed by atoms with Gasteiger partial charge in [0.1, 0.15) is 0 Å². The summed E-state index contributed by atoms with van der Waals surface area (Å²) in [6, 6.07) is 3.76. The van der Waals surface area contributed by atoms with Crippen molar-refractivity contribution in [2.45, 2.75) is 20.3 Å². The number of piperidine rings is 1. The van der Waals surface area contributed by atoms with Crippen LogP contribution in [0.25, 0.3) is 0 Å². The summed E-state index contributed by atoms with van der Waals surface area (Å²) in [6.07, 6.45) is 1.17.